The van der Waals surface area contributed by atoms with Crippen molar-refractivity contribution < 1.29 is 4.42 Å². The van der Waals surface area contributed by atoms with E-state index in [1.807, 2.05) is 31.2 Å². The fraction of sp³-hybridized carbons (Fsp3) is 0.312. The maximum atomic E-state index is 5.39. The second-order valence-electron chi connectivity index (χ2n) is 5.39. The van der Waals surface area contributed by atoms with Gasteiger partial charge >= 0.3 is 0 Å². The third kappa shape index (κ3) is 2.59. The number of furan rings is 1. The molecule has 4 nitrogen and oxygen atoms in total. The Balaban J connectivity index is 1.71. The summed E-state index contributed by atoms with van der Waals surface area (Å²) in [6.07, 6.45) is 6.40. The van der Waals surface area contributed by atoms with Crippen molar-refractivity contribution in [2.24, 2.45) is 0 Å². The van der Waals surface area contributed by atoms with Gasteiger partial charge in [-0.25, -0.2) is 4.98 Å². The van der Waals surface area contributed by atoms with Crippen molar-refractivity contribution in [1.82, 2.24) is 14.7 Å². The Labute approximate surface area is 127 Å². The van der Waals surface area contributed by atoms with Crippen LogP contribution in [-0.2, 0) is 6.54 Å². The fourth-order valence-corrected chi connectivity index (χ4v) is 3.33. The van der Waals surface area contributed by atoms with Gasteiger partial charge in [0.25, 0.3) is 0 Å². The molecule has 21 heavy (non-hydrogen) atoms. The lowest BCUT2D eigenvalue weighted by Crippen LogP contribution is -2.17. The number of pyridine rings is 1. The summed E-state index contributed by atoms with van der Waals surface area (Å²) in [4.78, 5) is 5.90. The molecule has 0 spiro atoms. The van der Waals surface area contributed by atoms with E-state index in [4.69, 9.17) is 9.40 Å². The van der Waals surface area contributed by atoms with Gasteiger partial charge in [-0.1, -0.05) is 17.8 Å². The highest BCUT2D eigenvalue weighted by atomic mass is 32.2. The maximum absolute atomic E-state index is 5.39. The number of aryl methyl sites for hydroxylation is 1. The third-order valence-corrected chi connectivity index (χ3v) is 4.91. The highest BCUT2D eigenvalue weighted by Gasteiger charge is 2.22. The van der Waals surface area contributed by atoms with Crippen molar-refractivity contribution in [2.75, 3.05) is 0 Å². The van der Waals surface area contributed by atoms with Crippen LogP contribution < -0.4 is 5.32 Å². The molecule has 0 bridgehead atoms. The first-order chi connectivity index (χ1) is 10.3. The lowest BCUT2D eigenvalue weighted by atomic mass is 10.4. The molecule has 108 valence electrons. The normalized spacial score (nSPS) is 14.9. The monoisotopic (exact) mass is 299 g/mol. The van der Waals surface area contributed by atoms with Crippen molar-refractivity contribution in [3.8, 4) is 0 Å². The van der Waals surface area contributed by atoms with E-state index in [1.54, 1.807) is 18.0 Å². The smallest absolute Gasteiger partial charge is 0.138 e. The zero-order chi connectivity index (χ0) is 14.2. The average Bonchev–Trinajstić information content (AvgIpc) is 3.14. The standard InChI is InChI=1S/C16H17N3OS/c1-11-14(7-9-20-11)21-16-13(10-17-12-5-6-12)19-8-3-2-4-15(19)18-16/h2-4,7-9,12,17H,5-6,10H2,1H3. The second kappa shape index (κ2) is 5.24. The minimum atomic E-state index is 0.688. The van der Waals surface area contributed by atoms with Crippen LogP contribution in [0.15, 0.2) is 51.1 Å². The topological polar surface area (TPSA) is 42.5 Å². The van der Waals surface area contributed by atoms with E-state index in [0.717, 1.165) is 27.9 Å². The van der Waals surface area contributed by atoms with Crippen molar-refractivity contribution in [1.29, 1.82) is 0 Å². The van der Waals surface area contributed by atoms with E-state index in [1.165, 1.54) is 18.5 Å². The molecule has 0 atom stereocenters. The van der Waals surface area contributed by atoms with E-state index >= 15 is 0 Å². The number of nitrogens with zero attached hydrogens (tertiary/aromatic N) is 2. The van der Waals surface area contributed by atoms with Crippen LogP contribution in [0.1, 0.15) is 24.3 Å². The molecule has 1 aliphatic carbocycles. The minimum absolute atomic E-state index is 0.688. The Hall–Kier alpha value is -1.72. The molecule has 3 heterocycles. The number of nitrogens with one attached hydrogen (secondary N) is 1. The highest BCUT2D eigenvalue weighted by Crippen LogP contribution is 2.33. The quantitative estimate of drug-likeness (QED) is 0.781. The molecule has 0 aliphatic heterocycles. The summed E-state index contributed by atoms with van der Waals surface area (Å²) in [6, 6.07) is 8.81. The van der Waals surface area contributed by atoms with E-state index in [0.29, 0.717) is 6.04 Å². The summed E-state index contributed by atoms with van der Waals surface area (Å²) in [6.45, 7) is 2.84. The fourth-order valence-electron chi connectivity index (χ4n) is 2.38. The first-order valence-electron chi connectivity index (χ1n) is 7.22. The first kappa shape index (κ1) is 13.0. The van der Waals surface area contributed by atoms with Crippen molar-refractivity contribution in [2.45, 2.75) is 42.3 Å². The van der Waals surface area contributed by atoms with E-state index in [9.17, 15) is 0 Å². The summed E-state index contributed by atoms with van der Waals surface area (Å²) in [5, 5.41) is 4.64. The molecule has 1 saturated carbocycles. The Morgan fingerprint density at radius 2 is 2.29 bits per heavy atom. The highest BCUT2D eigenvalue weighted by molar-refractivity contribution is 7.99. The Kier molecular flexibility index (Phi) is 3.24. The Bertz CT molecular complexity index is 773. The summed E-state index contributed by atoms with van der Waals surface area (Å²) in [5.74, 6) is 0.943. The van der Waals surface area contributed by atoms with Gasteiger partial charge in [0.15, 0.2) is 0 Å². The van der Waals surface area contributed by atoms with Gasteiger partial charge in [0, 0.05) is 18.8 Å². The lowest BCUT2D eigenvalue weighted by Gasteiger charge is -2.05. The third-order valence-electron chi connectivity index (χ3n) is 3.75. The van der Waals surface area contributed by atoms with Gasteiger partial charge in [0.1, 0.15) is 16.4 Å². The lowest BCUT2D eigenvalue weighted by molar-refractivity contribution is 0.527. The molecule has 5 heteroatoms. The molecular formula is C16H17N3OS. The molecule has 3 aromatic heterocycles. The Morgan fingerprint density at radius 1 is 1.38 bits per heavy atom. The molecule has 1 fully saturated rings. The van der Waals surface area contributed by atoms with Gasteiger partial charge in [-0.2, -0.15) is 0 Å². The SMILES string of the molecule is Cc1occc1Sc1nc2ccccn2c1CNC1CC1. The van der Waals surface area contributed by atoms with Gasteiger partial charge < -0.3 is 14.1 Å². The molecular weight excluding hydrogens is 282 g/mol. The van der Waals surface area contributed by atoms with Crippen LogP contribution in [0.4, 0.5) is 0 Å². The number of aromatic nitrogens is 2. The molecule has 0 radical (unpaired) electrons. The van der Waals surface area contributed by atoms with Crippen molar-refractivity contribution in [3.63, 3.8) is 0 Å². The summed E-state index contributed by atoms with van der Waals surface area (Å²) in [7, 11) is 0. The summed E-state index contributed by atoms with van der Waals surface area (Å²) < 4.78 is 7.56. The largest absolute Gasteiger partial charge is 0.468 e. The van der Waals surface area contributed by atoms with Crippen LogP contribution >= 0.6 is 11.8 Å². The molecule has 1 aliphatic rings. The Morgan fingerprint density at radius 3 is 3.05 bits per heavy atom. The second-order valence-corrected chi connectivity index (χ2v) is 6.42. The van der Waals surface area contributed by atoms with Gasteiger partial charge in [-0.15, -0.1) is 0 Å². The molecule has 0 aromatic carbocycles. The predicted octanol–water partition coefficient (Wildman–Crippen LogP) is 3.64. The summed E-state index contributed by atoms with van der Waals surface area (Å²) >= 11 is 1.68. The van der Waals surface area contributed by atoms with Crippen LogP contribution in [0.2, 0.25) is 0 Å². The molecule has 0 amide bonds. The first-order valence-corrected chi connectivity index (χ1v) is 8.04. The van der Waals surface area contributed by atoms with E-state index in [-0.39, 0.29) is 0 Å². The van der Waals surface area contributed by atoms with Crippen LogP contribution in [-0.4, -0.2) is 15.4 Å². The van der Waals surface area contributed by atoms with Crippen LogP contribution in [0.25, 0.3) is 5.65 Å². The number of rotatable bonds is 5. The van der Waals surface area contributed by atoms with Crippen LogP contribution in [0.5, 0.6) is 0 Å². The van der Waals surface area contributed by atoms with Gasteiger partial charge in [-0.3, -0.25) is 0 Å². The number of hydrogen-bond acceptors (Lipinski definition) is 4. The maximum Gasteiger partial charge on any atom is 0.138 e. The molecule has 1 N–H and O–H groups in total. The van der Waals surface area contributed by atoms with E-state index in [2.05, 4.69) is 15.9 Å². The molecule has 0 saturated heterocycles. The van der Waals surface area contributed by atoms with Crippen molar-refractivity contribution >= 4 is 17.4 Å². The van der Waals surface area contributed by atoms with Crippen molar-refractivity contribution in [3.05, 3.63) is 48.2 Å². The van der Waals surface area contributed by atoms with Crippen LogP contribution in [0, 0.1) is 6.92 Å². The van der Waals surface area contributed by atoms with Gasteiger partial charge in [0.2, 0.25) is 0 Å². The van der Waals surface area contributed by atoms with E-state index < -0.39 is 0 Å². The van der Waals surface area contributed by atoms with Gasteiger partial charge in [0.05, 0.1) is 16.9 Å². The zero-order valence-corrected chi connectivity index (χ0v) is 12.7. The summed E-state index contributed by atoms with van der Waals surface area (Å²) in [5.41, 5.74) is 2.22. The van der Waals surface area contributed by atoms with Gasteiger partial charge in [-0.05, 0) is 38.0 Å². The minimum Gasteiger partial charge on any atom is -0.468 e. The number of hydrogen-bond donors (Lipinski definition) is 1. The average molecular weight is 299 g/mol. The van der Waals surface area contributed by atoms with Crippen LogP contribution in [0.3, 0.4) is 0 Å². The predicted molar refractivity (Wildman–Crippen MR) is 82.6 cm³/mol. The number of fused-ring (bicyclic) bond motifs is 1. The molecule has 3 aromatic rings. The molecule has 0 unspecified atom stereocenters. The number of imidazole rings is 1. The molecule has 4 rings (SSSR count). The zero-order valence-electron chi connectivity index (χ0n) is 11.9.